The van der Waals surface area contributed by atoms with Crippen LogP contribution in [0.1, 0.15) is 6.42 Å². The van der Waals surface area contributed by atoms with Gasteiger partial charge in [-0.2, -0.15) is 0 Å². The van der Waals surface area contributed by atoms with E-state index in [1.54, 1.807) is 0 Å². The molecule has 4 heteroatoms. The topological polar surface area (TPSA) is 23.6 Å². The minimum atomic E-state index is 0.0713. The second-order valence-corrected chi connectivity index (χ2v) is 3.92. The Labute approximate surface area is 84.6 Å². The maximum atomic E-state index is 10.8. The minimum Gasteiger partial charge on any atom is -0.303 e. The van der Waals surface area contributed by atoms with Crippen molar-refractivity contribution in [1.29, 1.82) is 0 Å². The van der Waals surface area contributed by atoms with Crippen molar-refractivity contribution in [3.8, 4) is 0 Å². The number of hydrogen-bond donors (Lipinski definition) is 0. The number of carbonyl (C=O) groups is 1. The van der Waals surface area contributed by atoms with Crippen molar-refractivity contribution in [3.63, 3.8) is 0 Å². The van der Waals surface area contributed by atoms with Gasteiger partial charge in [0.15, 0.2) is 0 Å². The lowest BCUT2D eigenvalue weighted by atomic mass is 10.2. The van der Waals surface area contributed by atoms with Crippen molar-refractivity contribution in [3.05, 3.63) is 0 Å². The van der Waals surface area contributed by atoms with Gasteiger partial charge in [-0.05, 0) is 13.5 Å². The standard InChI is InChI=1S/C9H17ClN2O/c1-11-5-6-12(4-2-3-10)9(7-11)8-13/h8-9H,2-7H2,1H3. The van der Waals surface area contributed by atoms with Crippen molar-refractivity contribution < 1.29 is 4.79 Å². The monoisotopic (exact) mass is 204 g/mol. The third kappa shape index (κ3) is 3.25. The summed E-state index contributed by atoms with van der Waals surface area (Å²) in [4.78, 5) is 15.2. The highest BCUT2D eigenvalue weighted by Crippen LogP contribution is 2.07. The molecule has 13 heavy (non-hydrogen) atoms. The molecule has 0 saturated carbocycles. The largest absolute Gasteiger partial charge is 0.303 e. The number of likely N-dealkylation sites (N-methyl/N-ethyl adjacent to an activating group) is 1. The number of carbonyl (C=O) groups excluding carboxylic acids is 1. The van der Waals surface area contributed by atoms with Crippen molar-refractivity contribution >= 4 is 17.9 Å². The first-order valence-electron chi connectivity index (χ1n) is 4.71. The first-order chi connectivity index (χ1) is 6.27. The van der Waals surface area contributed by atoms with Crippen LogP contribution in [0.25, 0.3) is 0 Å². The molecule has 1 rings (SSSR count). The van der Waals surface area contributed by atoms with Gasteiger partial charge in [0.25, 0.3) is 0 Å². The van der Waals surface area contributed by atoms with E-state index in [4.69, 9.17) is 11.6 Å². The molecule has 1 fully saturated rings. The Balaban J connectivity index is 2.38. The summed E-state index contributed by atoms with van der Waals surface area (Å²) in [6, 6.07) is 0.0713. The summed E-state index contributed by atoms with van der Waals surface area (Å²) in [7, 11) is 2.05. The van der Waals surface area contributed by atoms with Crippen LogP contribution in [0.2, 0.25) is 0 Å². The molecule has 1 aliphatic rings. The van der Waals surface area contributed by atoms with Crippen molar-refractivity contribution in [1.82, 2.24) is 9.80 Å². The molecule has 0 radical (unpaired) electrons. The van der Waals surface area contributed by atoms with Gasteiger partial charge >= 0.3 is 0 Å². The molecule has 1 heterocycles. The number of alkyl halides is 1. The number of nitrogens with zero attached hydrogens (tertiary/aromatic N) is 2. The van der Waals surface area contributed by atoms with E-state index in [0.29, 0.717) is 5.88 Å². The van der Waals surface area contributed by atoms with Gasteiger partial charge in [0.2, 0.25) is 0 Å². The van der Waals surface area contributed by atoms with Crippen LogP contribution in [0.15, 0.2) is 0 Å². The molecule has 0 aromatic rings. The first-order valence-corrected chi connectivity index (χ1v) is 5.25. The van der Waals surface area contributed by atoms with E-state index in [9.17, 15) is 4.79 Å². The summed E-state index contributed by atoms with van der Waals surface area (Å²) in [5, 5.41) is 0. The van der Waals surface area contributed by atoms with Gasteiger partial charge in [-0.1, -0.05) is 0 Å². The Hall–Kier alpha value is -0.120. The van der Waals surface area contributed by atoms with E-state index < -0.39 is 0 Å². The molecule has 0 spiro atoms. The van der Waals surface area contributed by atoms with Gasteiger partial charge in [0.1, 0.15) is 6.29 Å². The lowest BCUT2D eigenvalue weighted by Crippen LogP contribution is -2.52. The molecule has 76 valence electrons. The van der Waals surface area contributed by atoms with Crippen LogP contribution >= 0.6 is 11.6 Å². The molecule has 1 atom stereocenters. The van der Waals surface area contributed by atoms with Crippen LogP contribution in [0.4, 0.5) is 0 Å². The molecular weight excluding hydrogens is 188 g/mol. The first kappa shape index (κ1) is 11.0. The van der Waals surface area contributed by atoms with E-state index in [2.05, 4.69) is 16.8 Å². The zero-order valence-corrected chi connectivity index (χ0v) is 8.83. The zero-order valence-electron chi connectivity index (χ0n) is 8.08. The molecule has 0 aromatic carbocycles. The fourth-order valence-corrected chi connectivity index (χ4v) is 1.78. The third-order valence-corrected chi connectivity index (χ3v) is 2.74. The number of piperazine rings is 1. The second kappa shape index (κ2) is 5.58. The summed E-state index contributed by atoms with van der Waals surface area (Å²) < 4.78 is 0. The molecule has 1 unspecified atom stereocenters. The van der Waals surface area contributed by atoms with Crippen LogP contribution < -0.4 is 0 Å². The highest BCUT2D eigenvalue weighted by molar-refractivity contribution is 6.17. The fraction of sp³-hybridized carbons (Fsp3) is 0.889. The number of aldehydes is 1. The maximum Gasteiger partial charge on any atom is 0.138 e. The Morgan fingerprint density at radius 1 is 1.54 bits per heavy atom. The third-order valence-electron chi connectivity index (χ3n) is 2.47. The average molecular weight is 205 g/mol. The maximum absolute atomic E-state index is 10.8. The summed E-state index contributed by atoms with van der Waals surface area (Å²) in [6.45, 7) is 3.83. The summed E-state index contributed by atoms with van der Waals surface area (Å²) in [5.74, 6) is 0.678. The van der Waals surface area contributed by atoms with E-state index in [-0.39, 0.29) is 6.04 Å². The highest BCUT2D eigenvalue weighted by Gasteiger charge is 2.23. The molecule has 0 aromatic heterocycles. The SMILES string of the molecule is CN1CCN(CCCCl)C(C=O)C1. The number of halogens is 1. The zero-order chi connectivity index (χ0) is 9.68. The van der Waals surface area contributed by atoms with Crippen LogP contribution in [0.3, 0.4) is 0 Å². The van der Waals surface area contributed by atoms with E-state index >= 15 is 0 Å². The second-order valence-electron chi connectivity index (χ2n) is 3.54. The Bertz CT molecular complexity index is 164. The summed E-state index contributed by atoms with van der Waals surface area (Å²) in [6.07, 6.45) is 2.01. The smallest absolute Gasteiger partial charge is 0.138 e. The molecule has 0 aliphatic carbocycles. The van der Waals surface area contributed by atoms with Crippen molar-refractivity contribution in [2.24, 2.45) is 0 Å². The van der Waals surface area contributed by atoms with Gasteiger partial charge in [0, 0.05) is 32.1 Å². The Kier molecular flexibility index (Phi) is 4.70. The molecular formula is C9H17ClN2O. The molecule has 0 amide bonds. The quantitative estimate of drug-likeness (QED) is 0.490. The molecule has 0 N–H and O–H groups in total. The number of hydrogen-bond acceptors (Lipinski definition) is 3. The van der Waals surface area contributed by atoms with Gasteiger partial charge in [-0.25, -0.2) is 0 Å². The average Bonchev–Trinajstić information content (AvgIpc) is 2.16. The van der Waals surface area contributed by atoms with Crippen molar-refractivity contribution in [2.75, 3.05) is 39.1 Å². The van der Waals surface area contributed by atoms with Gasteiger partial charge in [-0.3, -0.25) is 4.90 Å². The van der Waals surface area contributed by atoms with Crippen LogP contribution in [-0.2, 0) is 4.79 Å². The molecule has 1 aliphatic heterocycles. The minimum absolute atomic E-state index is 0.0713. The van der Waals surface area contributed by atoms with Gasteiger partial charge in [-0.15, -0.1) is 11.6 Å². The summed E-state index contributed by atoms with van der Waals surface area (Å²) >= 11 is 5.61. The molecule has 1 saturated heterocycles. The normalized spacial score (nSPS) is 26.2. The van der Waals surface area contributed by atoms with E-state index in [1.807, 2.05) is 0 Å². The lowest BCUT2D eigenvalue weighted by molar-refractivity contribution is -0.114. The Morgan fingerprint density at radius 3 is 2.92 bits per heavy atom. The van der Waals surface area contributed by atoms with Crippen molar-refractivity contribution in [2.45, 2.75) is 12.5 Å². The summed E-state index contributed by atoms with van der Waals surface area (Å²) in [5.41, 5.74) is 0. The van der Waals surface area contributed by atoms with E-state index in [0.717, 1.165) is 38.9 Å². The fourth-order valence-electron chi connectivity index (χ4n) is 1.66. The number of rotatable bonds is 4. The van der Waals surface area contributed by atoms with Crippen LogP contribution in [-0.4, -0.2) is 61.2 Å². The van der Waals surface area contributed by atoms with Crippen LogP contribution in [0.5, 0.6) is 0 Å². The van der Waals surface area contributed by atoms with Gasteiger partial charge < -0.3 is 9.69 Å². The predicted molar refractivity (Wildman–Crippen MR) is 54.3 cm³/mol. The van der Waals surface area contributed by atoms with Gasteiger partial charge in [0.05, 0.1) is 6.04 Å². The molecule has 0 bridgehead atoms. The van der Waals surface area contributed by atoms with E-state index in [1.165, 1.54) is 0 Å². The van der Waals surface area contributed by atoms with Crippen LogP contribution in [0, 0.1) is 0 Å². The predicted octanol–water partition coefficient (Wildman–Crippen LogP) is 0.430. The lowest BCUT2D eigenvalue weighted by Gasteiger charge is -2.37. The Morgan fingerprint density at radius 2 is 2.31 bits per heavy atom. The highest BCUT2D eigenvalue weighted by atomic mass is 35.5. The molecule has 3 nitrogen and oxygen atoms in total.